The fourth-order valence-corrected chi connectivity index (χ4v) is 2.29. The molecule has 0 aromatic rings. The maximum absolute atomic E-state index is 12.0. The number of methoxy groups -OCH3 is 1. The summed E-state index contributed by atoms with van der Waals surface area (Å²) in [6, 6.07) is 0.414. The van der Waals surface area contributed by atoms with Gasteiger partial charge in [-0.05, 0) is 32.6 Å². The van der Waals surface area contributed by atoms with Gasteiger partial charge in [-0.25, -0.2) is 0 Å². The molecule has 1 fully saturated rings. The van der Waals surface area contributed by atoms with Gasteiger partial charge in [-0.3, -0.25) is 14.5 Å². The predicted molar refractivity (Wildman–Crippen MR) is 76.5 cm³/mol. The number of nitrogens with zero attached hydrogens (tertiary/aromatic N) is 1. The average Bonchev–Trinajstić information content (AvgIpc) is 3.25. The van der Waals surface area contributed by atoms with E-state index < -0.39 is 0 Å². The molecule has 0 bridgehead atoms. The zero-order chi connectivity index (χ0) is 15.0. The van der Waals surface area contributed by atoms with Crippen LogP contribution in [-0.4, -0.2) is 56.1 Å². The van der Waals surface area contributed by atoms with Gasteiger partial charge < -0.3 is 9.47 Å². The van der Waals surface area contributed by atoms with Crippen LogP contribution in [0.4, 0.5) is 0 Å². The largest absolute Gasteiger partial charge is 0.466 e. The molecule has 0 aromatic heterocycles. The van der Waals surface area contributed by atoms with Crippen LogP contribution in [-0.2, 0) is 19.1 Å². The van der Waals surface area contributed by atoms with Crippen LogP contribution in [0.1, 0.15) is 39.5 Å². The van der Waals surface area contributed by atoms with Gasteiger partial charge in [-0.2, -0.15) is 0 Å². The molecule has 0 spiro atoms. The van der Waals surface area contributed by atoms with Crippen LogP contribution in [0.15, 0.2) is 0 Å². The average molecular weight is 285 g/mol. The van der Waals surface area contributed by atoms with Gasteiger partial charge in [0, 0.05) is 26.1 Å². The summed E-state index contributed by atoms with van der Waals surface area (Å²) in [7, 11) is 1.67. The van der Waals surface area contributed by atoms with Crippen LogP contribution in [0.3, 0.4) is 0 Å². The standard InChI is InChI=1S/C15H27NO4/c1-4-20-15(18)8-7-14(17)11-16(9-10-19-3)12(2)13-5-6-13/h12-13H,4-11H2,1-3H3. The number of Topliss-reactive ketones (excluding diaryl/α,β-unsaturated/α-hetero) is 1. The Hall–Kier alpha value is -0.940. The number of hydrogen-bond donors (Lipinski definition) is 0. The summed E-state index contributed by atoms with van der Waals surface area (Å²) in [5.74, 6) is 0.519. The third kappa shape index (κ3) is 6.48. The summed E-state index contributed by atoms with van der Waals surface area (Å²) in [6.07, 6.45) is 2.95. The van der Waals surface area contributed by atoms with E-state index in [9.17, 15) is 9.59 Å². The number of rotatable bonds is 11. The molecule has 0 saturated heterocycles. The normalized spacial score (nSPS) is 16.2. The molecular formula is C15H27NO4. The minimum absolute atomic E-state index is 0.0988. The van der Waals surface area contributed by atoms with Crippen LogP contribution >= 0.6 is 0 Å². The smallest absolute Gasteiger partial charge is 0.306 e. The zero-order valence-corrected chi connectivity index (χ0v) is 12.9. The van der Waals surface area contributed by atoms with E-state index in [4.69, 9.17) is 9.47 Å². The van der Waals surface area contributed by atoms with Crippen molar-refractivity contribution in [3.63, 3.8) is 0 Å². The van der Waals surface area contributed by atoms with E-state index in [2.05, 4.69) is 11.8 Å². The highest BCUT2D eigenvalue weighted by molar-refractivity contribution is 5.84. The van der Waals surface area contributed by atoms with E-state index >= 15 is 0 Å². The molecule has 1 aliphatic rings. The van der Waals surface area contributed by atoms with E-state index in [1.54, 1.807) is 14.0 Å². The fourth-order valence-electron chi connectivity index (χ4n) is 2.29. The van der Waals surface area contributed by atoms with E-state index in [1.807, 2.05) is 0 Å². The second-order valence-corrected chi connectivity index (χ2v) is 5.39. The maximum atomic E-state index is 12.0. The highest BCUT2D eigenvalue weighted by Crippen LogP contribution is 2.35. The molecule has 1 aliphatic carbocycles. The van der Waals surface area contributed by atoms with Crippen molar-refractivity contribution in [3.8, 4) is 0 Å². The molecule has 1 unspecified atom stereocenters. The third-order valence-corrected chi connectivity index (χ3v) is 3.76. The molecule has 1 rings (SSSR count). The monoisotopic (exact) mass is 285 g/mol. The van der Waals surface area contributed by atoms with Crippen molar-refractivity contribution in [2.24, 2.45) is 5.92 Å². The van der Waals surface area contributed by atoms with E-state index in [0.717, 1.165) is 6.54 Å². The molecule has 0 heterocycles. The second kappa shape index (κ2) is 9.08. The Balaban J connectivity index is 2.34. The van der Waals surface area contributed by atoms with Crippen molar-refractivity contribution in [2.45, 2.75) is 45.6 Å². The summed E-state index contributed by atoms with van der Waals surface area (Å²) < 4.78 is 9.94. The second-order valence-electron chi connectivity index (χ2n) is 5.39. The summed E-state index contributed by atoms with van der Waals surface area (Å²) in [5, 5.41) is 0. The van der Waals surface area contributed by atoms with Crippen molar-refractivity contribution >= 4 is 11.8 Å². The number of hydrogen-bond acceptors (Lipinski definition) is 5. The quantitative estimate of drug-likeness (QED) is 0.540. The molecule has 20 heavy (non-hydrogen) atoms. The highest BCUT2D eigenvalue weighted by Gasteiger charge is 2.32. The Kier molecular flexibility index (Phi) is 7.77. The molecule has 1 saturated carbocycles. The van der Waals surface area contributed by atoms with Gasteiger partial charge in [0.1, 0.15) is 5.78 Å². The van der Waals surface area contributed by atoms with Crippen molar-refractivity contribution < 1.29 is 19.1 Å². The van der Waals surface area contributed by atoms with E-state index in [-0.39, 0.29) is 24.6 Å². The summed E-state index contributed by atoms with van der Waals surface area (Å²) in [5.41, 5.74) is 0. The molecule has 1 atom stereocenters. The van der Waals surface area contributed by atoms with Crippen LogP contribution < -0.4 is 0 Å². The topological polar surface area (TPSA) is 55.8 Å². The van der Waals surface area contributed by atoms with Gasteiger partial charge in [-0.1, -0.05) is 0 Å². The van der Waals surface area contributed by atoms with Gasteiger partial charge in [0.2, 0.25) is 0 Å². The first-order valence-electron chi connectivity index (χ1n) is 7.48. The maximum Gasteiger partial charge on any atom is 0.306 e. The van der Waals surface area contributed by atoms with Gasteiger partial charge in [0.05, 0.1) is 26.2 Å². The number of ether oxygens (including phenoxy) is 2. The van der Waals surface area contributed by atoms with Crippen molar-refractivity contribution in [1.82, 2.24) is 4.90 Å². The molecule has 5 nitrogen and oxygen atoms in total. The summed E-state index contributed by atoms with van der Waals surface area (Å²) in [4.78, 5) is 25.4. The first-order valence-corrected chi connectivity index (χ1v) is 7.48. The molecule has 0 radical (unpaired) electrons. The predicted octanol–water partition coefficient (Wildman–Crippen LogP) is 1.65. The highest BCUT2D eigenvalue weighted by atomic mass is 16.5. The van der Waals surface area contributed by atoms with Gasteiger partial charge in [-0.15, -0.1) is 0 Å². The van der Waals surface area contributed by atoms with Crippen molar-refractivity contribution in [2.75, 3.05) is 33.4 Å². The number of carbonyl (C=O) groups excluding carboxylic acids is 2. The van der Waals surface area contributed by atoms with Crippen LogP contribution in [0.25, 0.3) is 0 Å². The van der Waals surface area contributed by atoms with Crippen LogP contribution in [0, 0.1) is 5.92 Å². The first-order chi connectivity index (χ1) is 9.58. The van der Waals surface area contributed by atoms with Gasteiger partial charge in [0.25, 0.3) is 0 Å². The van der Waals surface area contributed by atoms with Crippen molar-refractivity contribution in [3.05, 3.63) is 0 Å². The molecular weight excluding hydrogens is 258 g/mol. The lowest BCUT2D eigenvalue weighted by atomic mass is 10.1. The van der Waals surface area contributed by atoms with Crippen LogP contribution in [0.2, 0.25) is 0 Å². The third-order valence-electron chi connectivity index (χ3n) is 3.76. The SMILES string of the molecule is CCOC(=O)CCC(=O)CN(CCOC)C(C)C1CC1. The first kappa shape index (κ1) is 17.1. The summed E-state index contributed by atoms with van der Waals surface area (Å²) >= 11 is 0. The fraction of sp³-hybridized carbons (Fsp3) is 0.867. The molecule has 0 aromatic carbocycles. The lowest BCUT2D eigenvalue weighted by molar-refractivity contribution is -0.144. The Morgan fingerprint density at radius 1 is 1.30 bits per heavy atom. The number of carbonyl (C=O) groups is 2. The van der Waals surface area contributed by atoms with Crippen molar-refractivity contribution in [1.29, 1.82) is 0 Å². The lowest BCUT2D eigenvalue weighted by Gasteiger charge is -2.28. The Morgan fingerprint density at radius 2 is 2.00 bits per heavy atom. The molecule has 0 amide bonds. The zero-order valence-electron chi connectivity index (χ0n) is 12.9. The lowest BCUT2D eigenvalue weighted by Crippen LogP contribution is -2.40. The molecule has 5 heteroatoms. The molecule has 0 aliphatic heterocycles. The van der Waals surface area contributed by atoms with E-state index in [1.165, 1.54) is 12.8 Å². The van der Waals surface area contributed by atoms with Gasteiger partial charge in [0.15, 0.2) is 0 Å². The number of ketones is 1. The molecule has 0 N–H and O–H groups in total. The van der Waals surface area contributed by atoms with E-state index in [0.29, 0.717) is 31.7 Å². The summed E-state index contributed by atoms with van der Waals surface area (Å²) in [6.45, 7) is 6.10. The Bertz CT molecular complexity index is 315. The number of esters is 1. The Labute approximate surface area is 121 Å². The minimum atomic E-state index is -0.292. The Morgan fingerprint density at radius 3 is 2.55 bits per heavy atom. The van der Waals surface area contributed by atoms with Crippen LogP contribution in [0.5, 0.6) is 0 Å². The molecule has 116 valence electrons. The minimum Gasteiger partial charge on any atom is -0.466 e. The van der Waals surface area contributed by atoms with Gasteiger partial charge >= 0.3 is 5.97 Å².